The highest BCUT2D eigenvalue weighted by Gasteiger charge is 2.16. The van der Waals surface area contributed by atoms with E-state index in [4.69, 9.17) is 16.7 Å². The summed E-state index contributed by atoms with van der Waals surface area (Å²) in [4.78, 5) is 43.1. The Morgan fingerprint density at radius 1 is 1.15 bits per heavy atom. The van der Waals surface area contributed by atoms with Gasteiger partial charge >= 0.3 is 5.97 Å². The van der Waals surface area contributed by atoms with Gasteiger partial charge in [-0.3, -0.25) is 14.4 Å². The van der Waals surface area contributed by atoms with Crippen molar-refractivity contribution < 1.29 is 19.5 Å². The van der Waals surface area contributed by atoms with Crippen molar-refractivity contribution in [3.05, 3.63) is 52.6 Å². The molecular formula is C18H19ClN4O4. The lowest BCUT2D eigenvalue weighted by Gasteiger charge is -2.09. The maximum absolute atomic E-state index is 12.4. The molecule has 3 N–H and O–H groups in total. The fourth-order valence-corrected chi connectivity index (χ4v) is 2.28. The normalized spacial score (nSPS) is 10.5. The Hall–Kier alpha value is -3.00. The second kappa shape index (κ2) is 9.09. The molecule has 27 heavy (non-hydrogen) atoms. The van der Waals surface area contributed by atoms with Crippen molar-refractivity contribution in [1.29, 1.82) is 0 Å². The van der Waals surface area contributed by atoms with Gasteiger partial charge in [0.1, 0.15) is 5.82 Å². The average molecular weight is 391 g/mol. The summed E-state index contributed by atoms with van der Waals surface area (Å²) in [7, 11) is 0. The zero-order valence-corrected chi connectivity index (χ0v) is 15.6. The summed E-state index contributed by atoms with van der Waals surface area (Å²) in [5.74, 6) is -1.31. The minimum Gasteiger partial charge on any atom is -0.481 e. The third-order valence-electron chi connectivity index (χ3n) is 3.52. The van der Waals surface area contributed by atoms with E-state index in [-0.39, 0.29) is 29.6 Å². The number of carboxylic acids is 1. The number of anilines is 1. The molecule has 0 saturated heterocycles. The maximum atomic E-state index is 12.4. The van der Waals surface area contributed by atoms with Gasteiger partial charge in [-0.25, -0.2) is 9.97 Å². The van der Waals surface area contributed by atoms with E-state index in [1.165, 1.54) is 18.3 Å². The van der Waals surface area contributed by atoms with Gasteiger partial charge in [0.25, 0.3) is 11.8 Å². The highest BCUT2D eigenvalue weighted by Crippen LogP contribution is 2.18. The van der Waals surface area contributed by atoms with Crippen molar-refractivity contribution in [3.63, 3.8) is 0 Å². The molecule has 0 radical (unpaired) electrons. The number of hydrogen-bond donors (Lipinski definition) is 3. The molecule has 0 saturated carbocycles. The van der Waals surface area contributed by atoms with Gasteiger partial charge in [0, 0.05) is 23.7 Å². The first-order valence-corrected chi connectivity index (χ1v) is 8.59. The highest BCUT2D eigenvalue weighted by atomic mass is 35.5. The Balaban J connectivity index is 2.04. The number of nitrogens with zero attached hydrogens (tertiary/aromatic N) is 2. The van der Waals surface area contributed by atoms with E-state index in [1.807, 2.05) is 13.8 Å². The smallest absolute Gasteiger partial charge is 0.305 e. The number of amides is 2. The van der Waals surface area contributed by atoms with E-state index in [0.29, 0.717) is 17.1 Å². The topological polar surface area (TPSA) is 121 Å². The number of benzene rings is 1. The largest absolute Gasteiger partial charge is 0.481 e. The van der Waals surface area contributed by atoms with Crippen LogP contribution in [0, 0.1) is 0 Å². The van der Waals surface area contributed by atoms with Gasteiger partial charge in [-0.05, 0) is 24.3 Å². The number of carboxylic acid groups (broad SMARTS) is 1. The number of carbonyl (C=O) groups is 3. The monoisotopic (exact) mass is 390 g/mol. The van der Waals surface area contributed by atoms with E-state index < -0.39 is 17.8 Å². The summed E-state index contributed by atoms with van der Waals surface area (Å²) >= 11 is 6.02. The molecule has 1 aromatic heterocycles. The molecule has 0 bridgehead atoms. The van der Waals surface area contributed by atoms with E-state index in [1.54, 1.807) is 12.1 Å². The fourth-order valence-electron chi connectivity index (χ4n) is 2.10. The van der Waals surface area contributed by atoms with Crippen molar-refractivity contribution in [2.75, 3.05) is 11.9 Å². The van der Waals surface area contributed by atoms with Crippen molar-refractivity contribution in [3.8, 4) is 0 Å². The van der Waals surface area contributed by atoms with Gasteiger partial charge in [0.2, 0.25) is 0 Å². The van der Waals surface area contributed by atoms with Crippen LogP contribution in [0.15, 0.2) is 30.5 Å². The Labute approximate surface area is 161 Å². The second-order valence-electron chi connectivity index (χ2n) is 6.01. The third-order valence-corrected chi connectivity index (χ3v) is 3.80. The van der Waals surface area contributed by atoms with Gasteiger partial charge < -0.3 is 15.7 Å². The van der Waals surface area contributed by atoms with Crippen LogP contribution in [0.2, 0.25) is 5.02 Å². The first-order chi connectivity index (χ1) is 12.8. The second-order valence-corrected chi connectivity index (χ2v) is 6.42. The SMILES string of the molecule is CC(C)c1ncc(Cl)c(C(=O)Nc2ccc(C(=O)NCCC(=O)O)cc2)n1. The number of aromatic nitrogens is 2. The van der Waals surface area contributed by atoms with E-state index >= 15 is 0 Å². The number of nitrogens with one attached hydrogen (secondary N) is 2. The molecule has 142 valence electrons. The quantitative estimate of drug-likeness (QED) is 0.668. The van der Waals surface area contributed by atoms with Crippen LogP contribution in [-0.2, 0) is 4.79 Å². The summed E-state index contributed by atoms with van der Waals surface area (Å²) in [5.41, 5.74) is 0.884. The molecular weight excluding hydrogens is 372 g/mol. The maximum Gasteiger partial charge on any atom is 0.305 e. The average Bonchev–Trinajstić information content (AvgIpc) is 2.62. The molecule has 2 rings (SSSR count). The molecule has 1 heterocycles. The number of aliphatic carboxylic acids is 1. The van der Waals surface area contributed by atoms with E-state index in [9.17, 15) is 14.4 Å². The van der Waals surface area contributed by atoms with Crippen molar-refractivity contribution in [2.24, 2.45) is 0 Å². The Morgan fingerprint density at radius 3 is 2.41 bits per heavy atom. The van der Waals surface area contributed by atoms with Crippen molar-refractivity contribution in [1.82, 2.24) is 15.3 Å². The zero-order valence-electron chi connectivity index (χ0n) is 14.8. The van der Waals surface area contributed by atoms with Crippen LogP contribution in [0.1, 0.15) is 52.9 Å². The third kappa shape index (κ3) is 5.75. The molecule has 0 spiro atoms. The summed E-state index contributed by atoms with van der Waals surface area (Å²) in [5, 5.41) is 13.9. The van der Waals surface area contributed by atoms with Crippen LogP contribution in [0.5, 0.6) is 0 Å². The van der Waals surface area contributed by atoms with Crippen LogP contribution in [-0.4, -0.2) is 39.4 Å². The lowest BCUT2D eigenvalue weighted by Crippen LogP contribution is -2.26. The fraction of sp³-hybridized carbons (Fsp3) is 0.278. The van der Waals surface area contributed by atoms with Crippen LogP contribution < -0.4 is 10.6 Å². The summed E-state index contributed by atoms with van der Waals surface area (Å²) in [6.45, 7) is 3.85. The Morgan fingerprint density at radius 2 is 1.81 bits per heavy atom. The van der Waals surface area contributed by atoms with Crippen molar-refractivity contribution in [2.45, 2.75) is 26.2 Å². The van der Waals surface area contributed by atoms with E-state index in [0.717, 1.165) is 0 Å². The molecule has 1 aromatic carbocycles. The molecule has 0 atom stereocenters. The number of halogens is 1. The van der Waals surface area contributed by atoms with E-state index in [2.05, 4.69) is 20.6 Å². The Kier molecular flexibility index (Phi) is 6.84. The predicted octanol–water partition coefficient (Wildman–Crippen LogP) is 2.71. The summed E-state index contributed by atoms with van der Waals surface area (Å²) in [6, 6.07) is 6.16. The first-order valence-electron chi connectivity index (χ1n) is 8.21. The molecule has 0 aliphatic rings. The molecule has 0 unspecified atom stereocenters. The standard InChI is InChI=1S/C18H19ClN4O4/c1-10(2)16-21-9-13(19)15(23-16)18(27)22-12-5-3-11(4-6-12)17(26)20-8-7-14(24)25/h3-6,9-10H,7-8H2,1-2H3,(H,20,26)(H,22,27)(H,24,25). The Bertz CT molecular complexity index is 853. The minimum absolute atomic E-state index is 0.0387. The van der Waals surface area contributed by atoms with Crippen LogP contribution in [0.3, 0.4) is 0 Å². The molecule has 2 aromatic rings. The van der Waals surface area contributed by atoms with Gasteiger partial charge in [0.15, 0.2) is 5.69 Å². The van der Waals surface area contributed by atoms with Crippen LogP contribution >= 0.6 is 11.6 Å². The number of carbonyl (C=O) groups excluding carboxylic acids is 2. The van der Waals surface area contributed by atoms with Crippen LogP contribution in [0.25, 0.3) is 0 Å². The molecule has 0 aliphatic carbocycles. The van der Waals surface area contributed by atoms with Gasteiger partial charge in [0.05, 0.1) is 17.6 Å². The first kappa shape index (κ1) is 20.3. The lowest BCUT2D eigenvalue weighted by atomic mass is 10.2. The van der Waals surface area contributed by atoms with Crippen LogP contribution in [0.4, 0.5) is 5.69 Å². The molecule has 9 heteroatoms. The molecule has 0 fully saturated rings. The number of hydrogen-bond acceptors (Lipinski definition) is 5. The molecule has 8 nitrogen and oxygen atoms in total. The summed E-state index contributed by atoms with van der Waals surface area (Å²) in [6.07, 6.45) is 1.24. The minimum atomic E-state index is -0.989. The number of rotatable bonds is 7. The van der Waals surface area contributed by atoms with Gasteiger partial charge in [-0.15, -0.1) is 0 Å². The van der Waals surface area contributed by atoms with Gasteiger partial charge in [-0.2, -0.15) is 0 Å². The van der Waals surface area contributed by atoms with Crippen molar-refractivity contribution >= 4 is 35.1 Å². The molecule has 2 amide bonds. The lowest BCUT2D eigenvalue weighted by molar-refractivity contribution is -0.136. The highest BCUT2D eigenvalue weighted by molar-refractivity contribution is 6.33. The summed E-state index contributed by atoms with van der Waals surface area (Å²) < 4.78 is 0. The molecule has 0 aliphatic heterocycles. The predicted molar refractivity (Wildman–Crippen MR) is 100 cm³/mol. The zero-order chi connectivity index (χ0) is 20.0. The van der Waals surface area contributed by atoms with Gasteiger partial charge in [-0.1, -0.05) is 25.4 Å².